The Morgan fingerprint density at radius 2 is 1.67 bits per heavy atom. The molecule has 3 aliphatic carbocycles. The summed E-state index contributed by atoms with van der Waals surface area (Å²) in [7, 11) is 1.66. The molecule has 188 valence electrons. The lowest BCUT2D eigenvalue weighted by Crippen LogP contribution is -2.50. The van der Waals surface area contributed by atoms with Crippen molar-refractivity contribution < 1.29 is 14.4 Å². The number of carbonyl (C=O) groups is 3. The first-order valence-corrected chi connectivity index (χ1v) is 13.5. The van der Waals surface area contributed by atoms with Crippen LogP contribution in [-0.4, -0.2) is 61.9 Å². The van der Waals surface area contributed by atoms with Crippen molar-refractivity contribution >= 4 is 17.7 Å². The first kappa shape index (κ1) is 26.0. The van der Waals surface area contributed by atoms with Crippen LogP contribution in [0.1, 0.15) is 84.0 Å². The molecule has 0 radical (unpaired) electrons. The van der Waals surface area contributed by atoms with Crippen LogP contribution in [-0.2, 0) is 14.4 Å². The van der Waals surface area contributed by atoms with E-state index in [0.29, 0.717) is 12.5 Å². The van der Waals surface area contributed by atoms with Crippen LogP contribution < -0.4 is 16.0 Å². The Morgan fingerprint density at radius 1 is 0.909 bits per heavy atom. The molecule has 0 aliphatic heterocycles. The number of hydrogen-bond donors (Lipinski definition) is 3. The fourth-order valence-corrected chi connectivity index (χ4v) is 5.69. The van der Waals surface area contributed by atoms with Gasteiger partial charge in [-0.2, -0.15) is 0 Å². The molecule has 0 saturated heterocycles. The smallest absolute Gasteiger partial charge is 0.240 e. The van der Waals surface area contributed by atoms with Crippen molar-refractivity contribution in [3.63, 3.8) is 0 Å². The maximum atomic E-state index is 12.7. The van der Waals surface area contributed by atoms with E-state index in [2.05, 4.69) is 22.9 Å². The third-order valence-electron chi connectivity index (χ3n) is 7.97. The van der Waals surface area contributed by atoms with Crippen molar-refractivity contribution in [1.29, 1.82) is 0 Å². The summed E-state index contributed by atoms with van der Waals surface area (Å²) in [5, 5.41) is 8.92. The molecule has 3 atom stereocenters. The molecule has 3 fully saturated rings. The third kappa shape index (κ3) is 8.27. The molecule has 0 bridgehead atoms. The number of rotatable bonds is 14. The fraction of sp³-hybridized carbons (Fsp3) is 0.885. The van der Waals surface area contributed by atoms with Gasteiger partial charge in [-0.1, -0.05) is 45.4 Å². The van der Waals surface area contributed by atoms with Crippen molar-refractivity contribution in [3.05, 3.63) is 0 Å². The summed E-state index contributed by atoms with van der Waals surface area (Å²) in [4.78, 5) is 38.6. The second-order valence-corrected chi connectivity index (χ2v) is 10.6. The first-order chi connectivity index (χ1) is 16.0. The van der Waals surface area contributed by atoms with Crippen molar-refractivity contribution in [2.24, 2.45) is 23.7 Å². The molecule has 3 unspecified atom stereocenters. The van der Waals surface area contributed by atoms with Gasteiger partial charge in [0.1, 0.15) is 0 Å². The fourth-order valence-electron chi connectivity index (χ4n) is 5.69. The van der Waals surface area contributed by atoms with Gasteiger partial charge in [-0.3, -0.25) is 14.4 Å². The van der Waals surface area contributed by atoms with Crippen LogP contribution in [0.2, 0.25) is 0 Å². The molecule has 33 heavy (non-hydrogen) atoms. The van der Waals surface area contributed by atoms with Gasteiger partial charge in [-0.05, 0) is 68.7 Å². The normalized spacial score (nSPS) is 23.9. The maximum Gasteiger partial charge on any atom is 0.240 e. The highest BCUT2D eigenvalue weighted by Crippen LogP contribution is 2.45. The van der Waals surface area contributed by atoms with Crippen molar-refractivity contribution in [1.82, 2.24) is 20.9 Å². The molecule has 7 heteroatoms. The molecule has 7 nitrogen and oxygen atoms in total. The number of hydrogen-bond acceptors (Lipinski definition) is 4. The molecule has 0 aromatic rings. The summed E-state index contributed by atoms with van der Waals surface area (Å²) in [5.74, 6) is 2.62. The topological polar surface area (TPSA) is 90.5 Å². The summed E-state index contributed by atoms with van der Waals surface area (Å²) in [6.07, 6.45) is 15.1. The molecule has 0 spiro atoms. The highest BCUT2D eigenvalue weighted by atomic mass is 16.2. The van der Waals surface area contributed by atoms with Crippen molar-refractivity contribution in [3.8, 4) is 0 Å². The minimum absolute atomic E-state index is 0.0205. The number of amides is 3. The van der Waals surface area contributed by atoms with Gasteiger partial charge in [0.25, 0.3) is 0 Å². The molecule has 3 aliphatic rings. The average molecular weight is 463 g/mol. The van der Waals surface area contributed by atoms with E-state index in [1.165, 1.54) is 56.3 Å². The van der Waals surface area contributed by atoms with Crippen LogP contribution in [0.15, 0.2) is 0 Å². The Bertz CT molecular complexity index is 647. The quantitative estimate of drug-likeness (QED) is 0.346. The summed E-state index contributed by atoms with van der Waals surface area (Å²) in [5.41, 5.74) is 0. The Balaban J connectivity index is 1.27. The number of nitrogens with one attached hydrogen (secondary N) is 3. The van der Waals surface area contributed by atoms with Crippen molar-refractivity contribution in [2.45, 2.75) is 90.0 Å². The summed E-state index contributed by atoms with van der Waals surface area (Å²) >= 11 is 0. The van der Waals surface area contributed by atoms with E-state index in [-0.39, 0.29) is 36.9 Å². The zero-order valence-electron chi connectivity index (χ0n) is 20.9. The molecule has 0 heterocycles. The van der Waals surface area contributed by atoms with E-state index in [1.54, 1.807) is 7.05 Å². The highest BCUT2D eigenvalue weighted by molar-refractivity contribution is 5.89. The first-order valence-electron chi connectivity index (χ1n) is 13.5. The van der Waals surface area contributed by atoms with Crippen molar-refractivity contribution in [2.75, 3.05) is 33.2 Å². The van der Waals surface area contributed by atoms with E-state index < -0.39 is 0 Å². The Morgan fingerprint density at radius 3 is 2.33 bits per heavy atom. The molecular weight excluding hydrogens is 416 g/mol. The lowest BCUT2D eigenvalue weighted by atomic mass is 9.64. The summed E-state index contributed by atoms with van der Waals surface area (Å²) < 4.78 is 0. The zero-order valence-corrected chi connectivity index (χ0v) is 20.9. The average Bonchev–Trinajstić information content (AvgIpc) is 3.60. The maximum absolute atomic E-state index is 12.7. The van der Waals surface area contributed by atoms with E-state index in [9.17, 15) is 14.4 Å². The monoisotopic (exact) mass is 462 g/mol. The number of nitrogens with zero attached hydrogens (tertiary/aromatic N) is 1. The molecule has 3 amide bonds. The minimum Gasteiger partial charge on any atom is -0.355 e. The number of carbonyl (C=O) groups excluding carboxylic acids is 3. The second-order valence-electron chi connectivity index (χ2n) is 10.6. The summed E-state index contributed by atoms with van der Waals surface area (Å²) in [6.45, 7) is 3.50. The third-order valence-corrected chi connectivity index (χ3v) is 7.97. The van der Waals surface area contributed by atoms with E-state index in [1.807, 2.05) is 0 Å². The van der Waals surface area contributed by atoms with E-state index in [4.69, 9.17) is 0 Å². The standard InChI is InChI=1S/C26H46N4O3/c1-3-15-28-25(21-13-14-21)26(33)30(2)18-24(32)29-17-23(31)27-16-7-11-19-8-4-5-12-22(19)20-9-6-10-20/h19-22,25,28H,3-18H2,1-2H3,(H,27,31)(H,29,32). The molecule has 3 saturated carbocycles. The molecule has 0 aromatic heterocycles. The van der Waals surface area contributed by atoms with Crippen LogP contribution in [0, 0.1) is 23.7 Å². The van der Waals surface area contributed by atoms with E-state index >= 15 is 0 Å². The van der Waals surface area contributed by atoms with Gasteiger partial charge in [0.15, 0.2) is 0 Å². The van der Waals surface area contributed by atoms with Crippen LogP contribution in [0.3, 0.4) is 0 Å². The Kier molecular flexibility index (Phi) is 10.5. The van der Waals surface area contributed by atoms with Crippen LogP contribution in [0.4, 0.5) is 0 Å². The lowest BCUT2D eigenvalue weighted by molar-refractivity contribution is -0.137. The van der Waals surface area contributed by atoms with Gasteiger partial charge in [0.2, 0.25) is 17.7 Å². The van der Waals surface area contributed by atoms with E-state index in [0.717, 1.165) is 50.0 Å². The molecule has 3 rings (SSSR count). The van der Waals surface area contributed by atoms with Gasteiger partial charge in [-0.15, -0.1) is 0 Å². The molecule has 3 N–H and O–H groups in total. The van der Waals surface area contributed by atoms with Crippen LogP contribution in [0.25, 0.3) is 0 Å². The summed E-state index contributed by atoms with van der Waals surface area (Å²) in [6, 6.07) is -0.195. The number of likely N-dealkylation sites (N-methyl/N-ethyl adjacent to an activating group) is 1. The molecular formula is C26H46N4O3. The highest BCUT2D eigenvalue weighted by Gasteiger charge is 2.37. The van der Waals surface area contributed by atoms with Gasteiger partial charge < -0.3 is 20.9 Å². The SMILES string of the molecule is CCCNC(C(=O)N(C)CC(=O)NCC(=O)NCCCC1CCCCC1C1CCC1)C1CC1. The van der Waals surface area contributed by atoms with Gasteiger partial charge >= 0.3 is 0 Å². The van der Waals surface area contributed by atoms with Crippen LogP contribution in [0.5, 0.6) is 0 Å². The molecule has 0 aromatic carbocycles. The Labute approximate surface area is 200 Å². The minimum atomic E-state index is -0.295. The van der Waals surface area contributed by atoms with Gasteiger partial charge in [0.05, 0.1) is 19.1 Å². The Hall–Kier alpha value is -1.63. The lowest BCUT2D eigenvalue weighted by Gasteiger charge is -2.41. The van der Waals surface area contributed by atoms with Crippen LogP contribution >= 0.6 is 0 Å². The van der Waals surface area contributed by atoms with Gasteiger partial charge in [0, 0.05) is 13.6 Å². The predicted octanol–water partition coefficient (Wildman–Crippen LogP) is 2.84. The predicted molar refractivity (Wildman–Crippen MR) is 130 cm³/mol. The largest absolute Gasteiger partial charge is 0.355 e. The van der Waals surface area contributed by atoms with Gasteiger partial charge in [-0.25, -0.2) is 0 Å². The zero-order chi connectivity index (χ0) is 23.6. The second kappa shape index (κ2) is 13.3.